The highest BCUT2D eigenvalue weighted by Gasteiger charge is 2.18. The van der Waals surface area contributed by atoms with Gasteiger partial charge in [-0.05, 0) is 40.6 Å². The maximum absolute atomic E-state index is 14.2. The van der Waals surface area contributed by atoms with E-state index in [4.69, 9.17) is 0 Å². The topological polar surface area (TPSA) is 46.5 Å². The number of fused-ring (bicyclic) bond motifs is 1. The highest BCUT2D eigenvalue weighted by atomic mass is 19.1. The smallest absolute Gasteiger partial charge is 0.337 e. The monoisotopic (exact) mass is 314 g/mol. The fourth-order valence-corrected chi connectivity index (χ4v) is 2.52. The van der Waals surface area contributed by atoms with E-state index < -0.39 is 23.4 Å². The number of halogens is 2. The Morgan fingerprint density at radius 3 is 2.61 bits per heavy atom. The lowest BCUT2D eigenvalue weighted by Gasteiger charge is -2.11. The standard InChI is InChI=1S/C18H12F2O3/c1-23-18(22)11-6-5-10-3-2-4-12(13(10)9-11)16-14(19)7-8-15(21)17(16)20/h2-9,21H,1H3. The molecule has 0 atom stereocenters. The van der Waals surface area contributed by atoms with Crippen molar-refractivity contribution in [3.8, 4) is 16.9 Å². The van der Waals surface area contributed by atoms with Crippen LogP contribution in [0.1, 0.15) is 10.4 Å². The molecule has 0 bridgehead atoms. The Bertz CT molecular complexity index is 920. The van der Waals surface area contributed by atoms with Gasteiger partial charge in [0.1, 0.15) is 5.82 Å². The molecule has 0 aliphatic heterocycles. The van der Waals surface area contributed by atoms with E-state index in [0.29, 0.717) is 10.8 Å². The second-order valence-electron chi connectivity index (χ2n) is 4.99. The number of esters is 1. The summed E-state index contributed by atoms with van der Waals surface area (Å²) in [7, 11) is 1.26. The molecule has 0 unspecified atom stereocenters. The molecule has 0 amide bonds. The van der Waals surface area contributed by atoms with Gasteiger partial charge in [-0.3, -0.25) is 0 Å². The summed E-state index contributed by atoms with van der Waals surface area (Å²) in [6.45, 7) is 0. The van der Waals surface area contributed by atoms with Gasteiger partial charge in [0.05, 0.1) is 18.2 Å². The van der Waals surface area contributed by atoms with E-state index in [2.05, 4.69) is 4.74 Å². The normalized spacial score (nSPS) is 10.7. The first-order valence-corrected chi connectivity index (χ1v) is 6.81. The first kappa shape index (κ1) is 15.0. The van der Waals surface area contributed by atoms with Crippen LogP contribution in [0.2, 0.25) is 0 Å². The van der Waals surface area contributed by atoms with Gasteiger partial charge in [0.15, 0.2) is 11.6 Å². The van der Waals surface area contributed by atoms with E-state index in [0.717, 1.165) is 12.1 Å². The summed E-state index contributed by atoms with van der Waals surface area (Å²) in [6.07, 6.45) is 0. The number of hydrogen-bond acceptors (Lipinski definition) is 3. The molecule has 0 radical (unpaired) electrons. The minimum Gasteiger partial charge on any atom is -0.505 e. The van der Waals surface area contributed by atoms with E-state index in [1.54, 1.807) is 24.3 Å². The molecule has 23 heavy (non-hydrogen) atoms. The van der Waals surface area contributed by atoms with Crippen molar-refractivity contribution in [3.63, 3.8) is 0 Å². The van der Waals surface area contributed by atoms with Gasteiger partial charge in [-0.1, -0.05) is 24.3 Å². The van der Waals surface area contributed by atoms with Crippen molar-refractivity contribution in [2.75, 3.05) is 7.11 Å². The van der Waals surface area contributed by atoms with Gasteiger partial charge in [0.25, 0.3) is 0 Å². The van der Waals surface area contributed by atoms with Crippen LogP contribution < -0.4 is 0 Å². The molecule has 0 aliphatic carbocycles. The average molecular weight is 314 g/mol. The van der Waals surface area contributed by atoms with Gasteiger partial charge in [0.2, 0.25) is 0 Å². The van der Waals surface area contributed by atoms with Crippen molar-refractivity contribution >= 4 is 16.7 Å². The lowest BCUT2D eigenvalue weighted by atomic mass is 9.96. The van der Waals surface area contributed by atoms with Gasteiger partial charge in [-0.25, -0.2) is 13.6 Å². The molecule has 3 rings (SSSR count). The third-order valence-electron chi connectivity index (χ3n) is 3.64. The number of methoxy groups -OCH3 is 1. The average Bonchev–Trinajstić information content (AvgIpc) is 2.57. The summed E-state index contributed by atoms with van der Waals surface area (Å²) >= 11 is 0. The highest BCUT2D eigenvalue weighted by Crippen LogP contribution is 2.36. The molecule has 3 aromatic carbocycles. The number of carbonyl (C=O) groups excluding carboxylic acids is 1. The maximum Gasteiger partial charge on any atom is 0.337 e. The van der Waals surface area contributed by atoms with Crippen molar-refractivity contribution in [2.24, 2.45) is 0 Å². The molecule has 5 heteroatoms. The van der Waals surface area contributed by atoms with Crippen LogP contribution in [0, 0.1) is 11.6 Å². The summed E-state index contributed by atoms with van der Waals surface area (Å²) in [4.78, 5) is 11.7. The maximum atomic E-state index is 14.2. The van der Waals surface area contributed by atoms with E-state index in [-0.39, 0.29) is 16.7 Å². The summed E-state index contributed by atoms with van der Waals surface area (Å²) in [6, 6.07) is 11.7. The molecule has 0 saturated heterocycles. The lowest BCUT2D eigenvalue weighted by Crippen LogP contribution is -2.01. The highest BCUT2D eigenvalue weighted by molar-refractivity contribution is 6.02. The Labute approximate surface area is 130 Å². The fraction of sp³-hybridized carbons (Fsp3) is 0.0556. The van der Waals surface area contributed by atoms with Gasteiger partial charge < -0.3 is 9.84 Å². The van der Waals surface area contributed by atoms with Crippen LogP contribution in [-0.2, 0) is 4.74 Å². The van der Waals surface area contributed by atoms with E-state index in [1.807, 2.05) is 0 Å². The second kappa shape index (κ2) is 5.68. The van der Waals surface area contributed by atoms with E-state index in [9.17, 15) is 18.7 Å². The van der Waals surface area contributed by atoms with Gasteiger partial charge in [-0.15, -0.1) is 0 Å². The van der Waals surface area contributed by atoms with E-state index >= 15 is 0 Å². The molecule has 0 aromatic heterocycles. The van der Waals surface area contributed by atoms with Crippen LogP contribution in [0.15, 0.2) is 48.5 Å². The number of aromatic hydroxyl groups is 1. The number of carbonyl (C=O) groups is 1. The first-order chi connectivity index (χ1) is 11.0. The molecular weight excluding hydrogens is 302 g/mol. The molecule has 0 heterocycles. The largest absolute Gasteiger partial charge is 0.505 e. The Kier molecular flexibility index (Phi) is 3.70. The molecule has 116 valence electrons. The summed E-state index contributed by atoms with van der Waals surface area (Å²) < 4.78 is 33.0. The minimum absolute atomic E-state index is 0.249. The number of rotatable bonds is 2. The zero-order valence-electron chi connectivity index (χ0n) is 12.1. The van der Waals surface area contributed by atoms with Gasteiger partial charge >= 0.3 is 5.97 Å². The summed E-state index contributed by atoms with van der Waals surface area (Å²) in [5.74, 6) is -3.02. The van der Waals surface area contributed by atoms with E-state index in [1.165, 1.54) is 19.2 Å². The van der Waals surface area contributed by atoms with Crippen LogP contribution in [0.25, 0.3) is 21.9 Å². The lowest BCUT2D eigenvalue weighted by molar-refractivity contribution is 0.0601. The van der Waals surface area contributed by atoms with Crippen LogP contribution in [0.3, 0.4) is 0 Å². The third-order valence-corrected chi connectivity index (χ3v) is 3.64. The molecule has 3 nitrogen and oxygen atoms in total. The molecule has 0 spiro atoms. The summed E-state index contributed by atoms with van der Waals surface area (Å²) in [5.41, 5.74) is 0.185. The van der Waals surface area contributed by atoms with Crippen LogP contribution in [-0.4, -0.2) is 18.2 Å². The Balaban J connectivity index is 2.34. The van der Waals surface area contributed by atoms with Crippen molar-refractivity contribution < 1.29 is 23.4 Å². The predicted octanol–water partition coefficient (Wildman–Crippen LogP) is 4.28. The zero-order valence-corrected chi connectivity index (χ0v) is 12.1. The first-order valence-electron chi connectivity index (χ1n) is 6.81. The van der Waals surface area contributed by atoms with Crippen molar-refractivity contribution in [1.29, 1.82) is 0 Å². The molecule has 1 N–H and O–H groups in total. The Hall–Kier alpha value is -2.95. The van der Waals surface area contributed by atoms with Gasteiger partial charge in [-0.2, -0.15) is 0 Å². The summed E-state index contributed by atoms with van der Waals surface area (Å²) in [5, 5.41) is 10.7. The number of phenols is 1. The fourth-order valence-electron chi connectivity index (χ4n) is 2.52. The SMILES string of the molecule is COC(=O)c1ccc2cccc(-c3c(F)ccc(O)c3F)c2c1. The predicted molar refractivity (Wildman–Crippen MR) is 82.3 cm³/mol. The number of hydrogen-bond donors (Lipinski definition) is 1. The number of phenolic OH excluding ortho intramolecular Hbond substituents is 1. The van der Waals surface area contributed by atoms with Gasteiger partial charge in [0, 0.05) is 0 Å². The van der Waals surface area contributed by atoms with Crippen LogP contribution in [0.4, 0.5) is 8.78 Å². The zero-order chi connectivity index (χ0) is 16.6. The number of benzene rings is 3. The Morgan fingerprint density at radius 1 is 1.09 bits per heavy atom. The van der Waals surface area contributed by atoms with Crippen molar-refractivity contribution in [1.82, 2.24) is 0 Å². The van der Waals surface area contributed by atoms with Crippen molar-refractivity contribution in [2.45, 2.75) is 0 Å². The van der Waals surface area contributed by atoms with Crippen molar-refractivity contribution in [3.05, 3.63) is 65.7 Å². The quantitative estimate of drug-likeness (QED) is 0.718. The minimum atomic E-state index is -1.04. The number of ether oxygens (including phenoxy) is 1. The molecule has 0 fully saturated rings. The molecule has 0 aliphatic rings. The Morgan fingerprint density at radius 2 is 1.87 bits per heavy atom. The molecule has 0 saturated carbocycles. The second-order valence-corrected chi connectivity index (χ2v) is 4.99. The molecule has 3 aromatic rings. The molecular formula is C18H12F2O3. The van der Waals surface area contributed by atoms with Crippen LogP contribution in [0.5, 0.6) is 5.75 Å². The van der Waals surface area contributed by atoms with Crippen LogP contribution >= 0.6 is 0 Å². The third kappa shape index (κ3) is 2.50.